The zero-order valence-electron chi connectivity index (χ0n) is 10.2. The molecule has 0 saturated carbocycles. The van der Waals surface area contributed by atoms with Crippen molar-refractivity contribution in [2.24, 2.45) is 0 Å². The maximum Gasteiger partial charge on any atom is 0.0671 e. The van der Waals surface area contributed by atoms with E-state index in [-0.39, 0.29) is 0 Å². The van der Waals surface area contributed by atoms with Gasteiger partial charge in [0.05, 0.1) is 6.04 Å². The Bertz CT molecular complexity index is 408. The molecular weight excluding hydrogens is 226 g/mol. The smallest absolute Gasteiger partial charge is 0.0671 e. The average Bonchev–Trinajstić information content (AvgIpc) is 2.89. The standard InChI is InChI=1S/C15H19NS/c1-2-3-11-16-15(14-10-7-12-17-14)13-8-5-4-6-9-13/h4-10,12,15-16H,2-3,11H2,1H3. The molecule has 0 aliphatic rings. The van der Waals surface area contributed by atoms with E-state index in [2.05, 4.69) is 60.1 Å². The van der Waals surface area contributed by atoms with Gasteiger partial charge in [0.1, 0.15) is 0 Å². The molecule has 1 atom stereocenters. The molecule has 2 heteroatoms. The lowest BCUT2D eigenvalue weighted by Gasteiger charge is -2.17. The lowest BCUT2D eigenvalue weighted by Crippen LogP contribution is -2.22. The van der Waals surface area contributed by atoms with Crippen LogP contribution in [-0.4, -0.2) is 6.54 Å². The zero-order chi connectivity index (χ0) is 11.9. The van der Waals surface area contributed by atoms with Crippen LogP contribution in [0, 0.1) is 0 Å². The van der Waals surface area contributed by atoms with Gasteiger partial charge in [0, 0.05) is 4.88 Å². The third-order valence-electron chi connectivity index (χ3n) is 2.84. The summed E-state index contributed by atoms with van der Waals surface area (Å²) >= 11 is 1.82. The molecule has 0 bridgehead atoms. The second-order valence-corrected chi connectivity index (χ2v) is 5.15. The summed E-state index contributed by atoms with van der Waals surface area (Å²) in [4.78, 5) is 1.40. The largest absolute Gasteiger partial charge is 0.306 e. The molecule has 17 heavy (non-hydrogen) atoms. The van der Waals surface area contributed by atoms with Gasteiger partial charge in [-0.25, -0.2) is 0 Å². The molecule has 0 fully saturated rings. The Morgan fingerprint density at radius 3 is 2.59 bits per heavy atom. The lowest BCUT2D eigenvalue weighted by atomic mass is 10.1. The Morgan fingerprint density at radius 2 is 1.94 bits per heavy atom. The van der Waals surface area contributed by atoms with Crippen LogP contribution in [0.5, 0.6) is 0 Å². The molecule has 0 aliphatic carbocycles. The van der Waals surface area contributed by atoms with Gasteiger partial charge in [0.2, 0.25) is 0 Å². The molecule has 1 aromatic carbocycles. The third-order valence-corrected chi connectivity index (χ3v) is 3.78. The van der Waals surface area contributed by atoms with Crippen molar-refractivity contribution in [2.75, 3.05) is 6.54 Å². The molecule has 1 heterocycles. The number of rotatable bonds is 6. The highest BCUT2D eigenvalue weighted by atomic mass is 32.1. The number of nitrogens with one attached hydrogen (secondary N) is 1. The van der Waals surface area contributed by atoms with Crippen molar-refractivity contribution in [1.82, 2.24) is 5.32 Å². The monoisotopic (exact) mass is 245 g/mol. The van der Waals surface area contributed by atoms with Gasteiger partial charge in [-0.3, -0.25) is 0 Å². The lowest BCUT2D eigenvalue weighted by molar-refractivity contribution is 0.585. The Balaban J connectivity index is 2.13. The van der Waals surface area contributed by atoms with Crippen LogP contribution < -0.4 is 5.32 Å². The maximum atomic E-state index is 3.65. The molecule has 0 aliphatic heterocycles. The number of unbranched alkanes of at least 4 members (excludes halogenated alkanes) is 1. The summed E-state index contributed by atoms with van der Waals surface area (Å²) in [6, 6.07) is 15.4. The van der Waals surface area contributed by atoms with E-state index in [1.165, 1.54) is 23.3 Å². The van der Waals surface area contributed by atoms with Crippen LogP contribution in [0.1, 0.15) is 36.2 Å². The van der Waals surface area contributed by atoms with Gasteiger partial charge in [0.15, 0.2) is 0 Å². The van der Waals surface area contributed by atoms with E-state index in [4.69, 9.17) is 0 Å². The summed E-state index contributed by atoms with van der Waals surface area (Å²) in [6.07, 6.45) is 2.47. The third kappa shape index (κ3) is 3.42. The van der Waals surface area contributed by atoms with Crippen molar-refractivity contribution in [1.29, 1.82) is 0 Å². The highest BCUT2D eigenvalue weighted by molar-refractivity contribution is 7.10. The summed E-state index contributed by atoms with van der Waals surface area (Å²) in [5, 5.41) is 5.80. The number of hydrogen-bond donors (Lipinski definition) is 1. The van der Waals surface area contributed by atoms with E-state index in [1.807, 2.05) is 11.3 Å². The first kappa shape index (κ1) is 12.3. The first-order chi connectivity index (χ1) is 8.42. The highest BCUT2D eigenvalue weighted by Crippen LogP contribution is 2.25. The molecule has 0 saturated heterocycles. The molecule has 1 unspecified atom stereocenters. The van der Waals surface area contributed by atoms with E-state index in [0.29, 0.717) is 6.04 Å². The van der Waals surface area contributed by atoms with Crippen LogP contribution in [0.15, 0.2) is 47.8 Å². The fourth-order valence-electron chi connectivity index (χ4n) is 1.91. The van der Waals surface area contributed by atoms with Crippen LogP contribution in [0.4, 0.5) is 0 Å². The fraction of sp³-hybridized carbons (Fsp3) is 0.333. The van der Waals surface area contributed by atoms with Crippen LogP contribution in [0.2, 0.25) is 0 Å². The van der Waals surface area contributed by atoms with E-state index in [9.17, 15) is 0 Å². The topological polar surface area (TPSA) is 12.0 Å². The van der Waals surface area contributed by atoms with Crippen molar-refractivity contribution in [3.63, 3.8) is 0 Å². The molecule has 1 N–H and O–H groups in total. The molecule has 0 amide bonds. The van der Waals surface area contributed by atoms with Gasteiger partial charge < -0.3 is 5.32 Å². The highest BCUT2D eigenvalue weighted by Gasteiger charge is 2.13. The van der Waals surface area contributed by atoms with Crippen molar-refractivity contribution in [3.05, 3.63) is 58.3 Å². The van der Waals surface area contributed by atoms with Gasteiger partial charge in [-0.2, -0.15) is 0 Å². The van der Waals surface area contributed by atoms with E-state index in [1.54, 1.807) is 0 Å². The maximum absolute atomic E-state index is 3.65. The normalized spacial score (nSPS) is 12.5. The Morgan fingerprint density at radius 1 is 1.12 bits per heavy atom. The van der Waals surface area contributed by atoms with Crippen LogP contribution >= 0.6 is 11.3 Å². The van der Waals surface area contributed by atoms with Crippen LogP contribution in [0.3, 0.4) is 0 Å². The quantitative estimate of drug-likeness (QED) is 0.751. The fourth-order valence-corrected chi connectivity index (χ4v) is 2.73. The second-order valence-electron chi connectivity index (χ2n) is 4.17. The predicted molar refractivity (Wildman–Crippen MR) is 75.5 cm³/mol. The molecule has 0 radical (unpaired) electrons. The van der Waals surface area contributed by atoms with Gasteiger partial charge in [-0.05, 0) is 30.0 Å². The average molecular weight is 245 g/mol. The number of hydrogen-bond acceptors (Lipinski definition) is 2. The first-order valence-electron chi connectivity index (χ1n) is 6.23. The summed E-state index contributed by atoms with van der Waals surface area (Å²) in [5.41, 5.74) is 1.35. The molecule has 0 spiro atoms. The van der Waals surface area contributed by atoms with Crippen molar-refractivity contribution < 1.29 is 0 Å². The van der Waals surface area contributed by atoms with Crippen LogP contribution in [0.25, 0.3) is 0 Å². The Labute approximate surface area is 108 Å². The Kier molecular flexibility index (Phi) is 4.77. The van der Waals surface area contributed by atoms with Gasteiger partial charge >= 0.3 is 0 Å². The van der Waals surface area contributed by atoms with Gasteiger partial charge in [0.25, 0.3) is 0 Å². The molecule has 2 rings (SSSR count). The molecule has 1 nitrogen and oxygen atoms in total. The molecule has 90 valence electrons. The van der Waals surface area contributed by atoms with Gasteiger partial charge in [-0.1, -0.05) is 49.7 Å². The minimum Gasteiger partial charge on any atom is -0.306 e. The summed E-state index contributed by atoms with van der Waals surface area (Å²) in [5.74, 6) is 0. The Hall–Kier alpha value is -1.12. The van der Waals surface area contributed by atoms with Crippen molar-refractivity contribution in [2.45, 2.75) is 25.8 Å². The summed E-state index contributed by atoms with van der Waals surface area (Å²) in [6.45, 7) is 3.30. The second kappa shape index (κ2) is 6.58. The number of benzene rings is 1. The van der Waals surface area contributed by atoms with E-state index in [0.717, 1.165) is 6.54 Å². The zero-order valence-corrected chi connectivity index (χ0v) is 11.0. The predicted octanol–water partition coefficient (Wildman–Crippen LogP) is 4.23. The van der Waals surface area contributed by atoms with Crippen LogP contribution in [-0.2, 0) is 0 Å². The minimum atomic E-state index is 0.350. The van der Waals surface area contributed by atoms with E-state index >= 15 is 0 Å². The molecular formula is C15H19NS. The van der Waals surface area contributed by atoms with Gasteiger partial charge in [-0.15, -0.1) is 11.3 Å². The first-order valence-corrected chi connectivity index (χ1v) is 7.11. The summed E-state index contributed by atoms with van der Waals surface area (Å²) in [7, 11) is 0. The number of thiophene rings is 1. The molecule has 2 aromatic rings. The van der Waals surface area contributed by atoms with Crippen molar-refractivity contribution >= 4 is 11.3 Å². The summed E-state index contributed by atoms with van der Waals surface area (Å²) < 4.78 is 0. The SMILES string of the molecule is CCCCNC(c1ccccc1)c1cccs1. The minimum absolute atomic E-state index is 0.350. The van der Waals surface area contributed by atoms with E-state index < -0.39 is 0 Å². The molecule has 1 aromatic heterocycles. The van der Waals surface area contributed by atoms with Crippen molar-refractivity contribution in [3.8, 4) is 0 Å².